The minimum Gasteiger partial charge on any atom is -0.378 e. The summed E-state index contributed by atoms with van der Waals surface area (Å²) in [6, 6.07) is 13.0. The number of nitrogens with one attached hydrogen (secondary N) is 2. The Morgan fingerprint density at radius 3 is 2.50 bits per heavy atom. The first-order valence-electron chi connectivity index (χ1n) is 6.37. The van der Waals surface area contributed by atoms with E-state index in [4.69, 9.17) is 0 Å². The monoisotopic (exact) mass is 270 g/mol. The summed E-state index contributed by atoms with van der Waals surface area (Å²) in [5.41, 5.74) is 2.67. The fourth-order valence-electron chi connectivity index (χ4n) is 1.69. The summed E-state index contributed by atoms with van der Waals surface area (Å²) in [7, 11) is 3.95. The molecule has 1 aromatic heterocycles. The van der Waals surface area contributed by atoms with Gasteiger partial charge in [0.15, 0.2) is 0 Å². The third kappa shape index (κ3) is 3.98. The van der Waals surface area contributed by atoms with Crippen molar-refractivity contribution in [2.75, 3.05) is 24.3 Å². The molecule has 20 heavy (non-hydrogen) atoms. The van der Waals surface area contributed by atoms with Crippen molar-refractivity contribution in [1.29, 1.82) is 0 Å². The van der Waals surface area contributed by atoms with Gasteiger partial charge in [0, 0.05) is 31.7 Å². The number of hydrogen-bond donors (Lipinski definition) is 2. The SMILES string of the molecule is CN(C)c1ccc(NC(=O)NCc2ccccn2)cc1. The number of hydrogen-bond acceptors (Lipinski definition) is 3. The molecule has 2 aromatic rings. The lowest BCUT2D eigenvalue weighted by atomic mass is 10.2. The van der Waals surface area contributed by atoms with Crippen LogP contribution in [0.2, 0.25) is 0 Å². The first-order valence-corrected chi connectivity index (χ1v) is 6.37. The van der Waals surface area contributed by atoms with Gasteiger partial charge in [0.25, 0.3) is 0 Å². The van der Waals surface area contributed by atoms with E-state index in [1.807, 2.05) is 61.5 Å². The standard InChI is InChI=1S/C15H18N4O/c1-19(2)14-8-6-12(7-9-14)18-15(20)17-11-13-5-3-4-10-16-13/h3-10H,11H2,1-2H3,(H2,17,18,20). The number of amides is 2. The van der Waals surface area contributed by atoms with Crippen molar-refractivity contribution in [3.63, 3.8) is 0 Å². The van der Waals surface area contributed by atoms with E-state index in [2.05, 4.69) is 15.6 Å². The van der Waals surface area contributed by atoms with E-state index < -0.39 is 0 Å². The maximum absolute atomic E-state index is 11.7. The molecule has 2 amide bonds. The topological polar surface area (TPSA) is 57.3 Å². The van der Waals surface area contributed by atoms with Gasteiger partial charge in [0.05, 0.1) is 12.2 Å². The van der Waals surface area contributed by atoms with Gasteiger partial charge >= 0.3 is 6.03 Å². The van der Waals surface area contributed by atoms with Crippen LogP contribution in [-0.2, 0) is 6.54 Å². The van der Waals surface area contributed by atoms with E-state index in [1.54, 1.807) is 6.20 Å². The van der Waals surface area contributed by atoms with Crippen LogP contribution in [0.25, 0.3) is 0 Å². The van der Waals surface area contributed by atoms with Crippen LogP contribution in [0.1, 0.15) is 5.69 Å². The maximum Gasteiger partial charge on any atom is 0.319 e. The van der Waals surface area contributed by atoms with Crippen LogP contribution >= 0.6 is 0 Å². The van der Waals surface area contributed by atoms with Crippen LogP contribution in [0.3, 0.4) is 0 Å². The minimum atomic E-state index is -0.242. The number of aromatic nitrogens is 1. The minimum absolute atomic E-state index is 0.242. The van der Waals surface area contributed by atoms with Crippen LogP contribution in [0, 0.1) is 0 Å². The zero-order valence-electron chi connectivity index (χ0n) is 11.6. The van der Waals surface area contributed by atoms with E-state index in [-0.39, 0.29) is 6.03 Å². The van der Waals surface area contributed by atoms with E-state index in [0.29, 0.717) is 6.54 Å². The summed E-state index contributed by atoms with van der Waals surface area (Å²) in [5, 5.41) is 5.54. The summed E-state index contributed by atoms with van der Waals surface area (Å²) in [5.74, 6) is 0. The highest BCUT2D eigenvalue weighted by Gasteiger charge is 2.02. The maximum atomic E-state index is 11.7. The number of rotatable bonds is 4. The van der Waals surface area contributed by atoms with Gasteiger partial charge in [-0.15, -0.1) is 0 Å². The Hall–Kier alpha value is -2.56. The Balaban J connectivity index is 1.85. The van der Waals surface area contributed by atoms with Gasteiger partial charge in [-0.2, -0.15) is 0 Å². The van der Waals surface area contributed by atoms with Crippen LogP contribution in [0.15, 0.2) is 48.7 Å². The van der Waals surface area contributed by atoms with E-state index in [9.17, 15) is 4.79 Å². The number of carbonyl (C=O) groups is 1. The Labute approximate surface area is 118 Å². The number of benzene rings is 1. The molecule has 2 rings (SSSR count). The predicted octanol–water partition coefficient (Wildman–Crippen LogP) is 2.47. The first kappa shape index (κ1) is 13.9. The summed E-state index contributed by atoms with van der Waals surface area (Å²) < 4.78 is 0. The van der Waals surface area contributed by atoms with Gasteiger partial charge in [-0.1, -0.05) is 6.07 Å². The van der Waals surface area contributed by atoms with Crippen LogP contribution in [-0.4, -0.2) is 25.1 Å². The fraction of sp³-hybridized carbons (Fsp3) is 0.200. The molecule has 0 aliphatic heterocycles. The van der Waals surface area contributed by atoms with Crippen molar-refractivity contribution in [2.45, 2.75) is 6.54 Å². The van der Waals surface area contributed by atoms with Gasteiger partial charge < -0.3 is 15.5 Å². The molecule has 5 heteroatoms. The highest BCUT2D eigenvalue weighted by Crippen LogP contribution is 2.15. The van der Waals surface area contributed by atoms with Crippen LogP contribution in [0.5, 0.6) is 0 Å². The average molecular weight is 270 g/mol. The molecule has 2 N–H and O–H groups in total. The molecule has 0 aliphatic rings. The van der Waals surface area contributed by atoms with Gasteiger partial charge in [-0.3, -0.25) is 4.98 Å². The van der Waals surface area contributed by atoms with Crippen molar-refractivity contribution < 1.29 is 4.79 Å². The quantitative estimate of drug-likeness (QED) is 0.897. The van der Waals surface area contributed by atoms with Gasteiger partial charge in [-0.25, -0.2) is 4.79 Å². The second kappa shape index (κ2) is 6.56. The first-order chi connectivity index (χ1) is 9.65. The number of urea groups is 1. The second-order valence-electron chi connectivity index (χ2n) is 4.57. The van der Waals surface area contributed by atoms with Crippen LogP contribution < -0.4 is 15.5 Å². The number of carbonyl (C=O) groups excluding carboxylic acids is 1. The third-order valence-corrected chi connectivity index (χ3v) is 2.80. The molecular formula is C15H18N4O. The molecule has 1 aromatic carbocycles. The molecule has 104 valence electrons. The van der Waals surface area contributed by atoms with Gasteiger partial charge in [0.1, 0.15) is 0 Å². The Morgan fingerprint density at radius 1 is 1.15 bits per heavy atom. The number of nitrogens with zero attached hydrogens (tertiary/aromatic N) is 2. The zero-order valence-corrected chi connectivity index (χ0v) is 11.6. The molecule has 1 heterocycles. The smallest absolute Gasteiger partial charge is 0.319 e. The summed E-state index contributed by atoms with van der Waals surface area (Å²) in [6.07, 6.45) is 1.70. The molecule has 0 saturated heterocycles. The third-order valence-electron chi connectivity index (χ3n) is 2.80. The molecule has 0 unspecified atom stereocenters. The molecule has 5 nitrogen and oxygen atoms in total. The van der Waals surface area contributed by atoms with Crippen molar-refractivity contribution in [1.82, 2.24) is 10.3 Å². The van der Waals surface area contributed by atoms with Crippen molar-refractivity contribution in [3.8, 4) is 0 Å². The van der Waals surface area contributed by atoms with Gasteiger partial charge in [-0.05, 0) is 36.4 Å². The van der Waals surface area contributed by atoms with Crippen molar-refractivity contribution >= 4 is 17.4 Å². The highest BCUT2D eigenvalue weighted by atomic mass is 16.2. The molecule has 0 spiro atoms. The normalized spacial score (nSPS) is 9.90. The molecule has 0 saturated carbocycles. The molecule has 0 radical (unpaired) electrons. The van der Waals surface area contributed by atoms with Crippen molar-refractivity contribution in [2.24, 2.45) is 0 Å². The Bertz CT molecular complexity index is 552. The van der Waals surface area contributed by atoms with E-state index >= 15 is 0 Å². The number of anilines is 2. The molecule has 0 bridgehead atoms. The Kier molecular flexibility index (Phi) is 4.55. The second-order valence-corrected chi connectivity index (χ2v) is 4.57. The van der Waals surface area contributed by atoms with Crippen LogP contribution in [0.4, 0.5) is 16.2 Å². The molecule has 0 aliphatic carbocycles. The van der Waals surface area contributed by atoms with Crippen molar-refractivity contribution in [3.05, 3.63) is 54.4 Å². The fourth-order valence-corrected chi connectivity index (χ4v) is 1.69. The van der Waals surface area contributed by atoms with E-state index in [0.717, 1.165) is 17.1 Å². The van der Waals surface area contributed by atoms with Gasteiger partial charge in [0.2, 0.25) is 0 Å². The summed E-state index contributed by atoms with van der Waals surface area (Å²) in [6.45, 7) is 0.405. The lowest BCUT2D eigenvalue weighted by Gasteiger charge is -2.13. The Morgan fingerprint density at radius 2 is 1.90 bits per heavy atom. The summed E-state index contributed by atoms with van der Waals surface area (Å²) >= 11 is 0. The lowest BCUT2D eigenvalue weighted by Crippen LogP contribution is -2.28. The molecular weight excluding hydrogens is 252 g/mol. The molecule has 0 atom stereocenters. The largest absolute Gasteiger partial charge is 0.378 e. The predicted molar refractivity (Wildman–Crippen MR) is 80.9 cm³/mol. The number of pyridine rings is 1. The molecule has 0 fully saturated rings. The van der Waals surface area contributed by atoms with E-state index in [1.165, 1.54) is 0 Å². The summed E-state index contributed by atoms with van der Waals surface area (Å²) in [4.78, 5) is 17.9. The lowest BCUT2D eigenvalue weighted by molar-refractivity contribution is 0.251. The zero-order chi connectivity index (χ0) is 14.4. The highest BCUT2D eigenvalue weighted by molar-refractivity contribution is 5.89. The average Bonchev–Trinajstić information content (AvgIpc) is 2.47.